The highest BCUT2D eigenvalue weighted by molar-refractivity contribution is 5.47. The summed E-state index contributed by atoms with van der Waals surface area (Å²) in [5.74, 6) is 0.992. The van der Waals surface area contributed by atoms with Crippen molar-refractivity contribution in [1.82, 2.24) is 20.1 Å². The molecule has 0 fully saturated rings. The van der Waals surface area contributed by atoms with Crippen LogP contribution in [-0.4, -0.2) is 14.8 Å². The van der Waals surface area contributed by atoms with E-state index in [9.17, 15) is 0 Å². The standard InChI is InChI=1S/C14H19N5/c1-2-19-9-17-18-14(19)8-16-13-6-3-10-7-11(15)4-5-12(10)13/h4-5,7,9,13,16H,2-3,6,8,15H2,1H3. The van der Waals surface area contributed by atoms with Crippen LogP contribution >= 0.6 is 0 Å². The van der Waals surface area contributed by atoms with Gasteiger partial charge in [0.05, 0.1) is 6.54 Å². The topological polar surface area (TPSA) is 68.8 Å². The normalized spacial score (nSPS) is 17.6. The van der Waals surface area contributed by atoms with E-state index in [-0.39, 0.29) is 0 Å². The van der Waals surface area contributed by atoms with Crippen molar-refractivity contribution >= 4 is 5.69 Å². The van der Waals surface area contributed by atoms with Crippen molar-refractivity contribution in [2.75, 3.05) is 5.73 Å². The van der Waals surface area contributed by atoms with Crippen LogP contribution in [0.2, 0.25) is 0 Å². The molecule has 100 valence electrons. The Hall–Kier alpha value is -1.88. The fraction of sp³-hybridized carbons (Fsp3) is 0.429. The lowest BCUT2D eigenvalue weighted by atomic mass is 10.1. The summed E-state index contributed by atoms with van der Waals surface area (Å²) in [4.78, 5) is 0. The van der Waals surface area contributed by atoms with Crippen molar-refractivity contribution in [1.29, 1.82) is 0 Å². The molecular formula is C14H19N5. The minimum absolute atomic E-state index is 0.401. The zero-order valence-electron chi connectivity index (χ0n) is 11.1. The Morgan fingerprint density at radius 1 is 1.47 bits per heavy atom. The Balaban J connectivity index is 1.70. The summed E-state index contributed by atoms with van der Waals surface area (Å²) in [5.41, 5.74) is 9.42. The summed E-state index contributed by atoms with van der Waals surface area (Å²) in [5, 5.41) is 11.7. The Morgan fingerprint density at radius 3 is 3.21 bits per heavy atom. The highest BCUT2D eigenvalue weighted by Crippen LogP contribution is 2.32. The number of aryl methyl sites for hydroxylation is 2. The number of hydrogen-bond acceptors (Lipinski definition) is 4. The summed E-state index contributed by atoms with van der Waals surface area (Å²) < 4.78 is 2.06. The van der Waals surface area contributed by atoms with Crippen molar-refractivity contribution in [2.24, 2.45) is 0 Å². The molecule has 0 amide bonds. The van der Waals surface area contributed by atoms with Crippen LogP contribution in [0.3, 0.4) is 0 Å². The van der Waals surface area contributed by atoms with Crippen LogP contribution < -0.4 is 11.1 Å². The van der Waals surface area contributed by atoms with Crippen molar-refractivity contribution in [3.05, 3.63) is 41.5 Å². The van der Waals surface area contributed by atoms with E-state index in [1.807, 2.05) is 6.07 Å². The third-order valence-electron chi connectivity index (χ3n) is 3.79. The molecule has 0 saturated heterocycles. The van der Waals surface area contributed by atoms with Crippen molar-refractivity contribution < 1.29 is 0 Å². The molecule has 5 nitrogen and oxygen atoms in total. The van der Waals surface area contributed by atoms with E-state index in [0.717, 1.165) is 37.4 Å². The molecule has 1 aromatic carbocycles. The molecule has 0 aliphatic heterocycles. The molecule has 19 heavy (non-hydrogen) atoms. The van der Waals surface area contributed by atoms with Crippen LogP contribution in [-0.2, 0) is 19.5 Å². The Kier molecular flexibility index (Phi) is 3.21. The number of benzene rings is 1. The van der Waals surface area contributed by atoms with Crippen molar-refractivity contribution in [2.45, 2.75) is 38.9 Å². The highest BCUT2D eigenvalue weighted by atomic mass is 15.3. The van der Waals surface area contributed by atoms with Gasteiger partial charge < -0.3 is 15.6 Å². The molecule has 0 saturated carbocycles. The van der Waals surface area contributed by atoms with Crippen molar-refractivity contribution in [3.63, 3.8) is 0 Å². The largest absolute Gasteiger partial charge is 0.399 e. The van der Waals surface area contributed by atoms with Gasteiger partial charge in [0, 0.05) is 18.3 Å². The van der Waals surface area contributed by atoms with E-state index in [4.69, 9.17) is 5.73 Å². The zero-order chi connectivity index (χ0) is 13.2. The van der Waals surface area contributed by atoms with Crippen LogP contribution in [0.1, 0.15) is 36.3 Å². The molecule has 3 rings (SSSR count). The monoisotopic (exact) mass is 257 g/mol. The third kappa shape index (κ3) is 2.33. The number of nitrogens with one attached hydrogen (secondary N) is 1. The lowest BCUT2D eigenvalue weighted by molar-refractivity contribution is 0.506. The zero-order valence-corrected chi connectivity index (χ0v) is 11.1. The maximum absolute atomic E-state index is 5.82. The van der Waals surface area contributed by atoms with Gasteiger partial charge >= 0.3 is 0 Å². The summed E-state index contributed by atoms with van der Waals surface area (Å²) in [6.07, 6.45) is 4.00. The summed E-state index contributed by atoms with van der Waals surface area (Å²) in [7, 11) is 0. The van der Waals surface area contributed by atoms with E-state index in [1.54, 1.807) is 6.33 Å². The number of nitrogens with two attached hydrogens (primary N) is 1. The molecule has 1 unspecified atom stereocenters. The first kappa shape index (κ1) is 12.2. The average molecular weight is 257 g/mol. The number of anilines is 1. The van der Waals surface area contributed by atoms with Gasteiger partial charge in [-0.15, -0.1) is 10.2 Å². The van der Waals surface area contributed by atoms with Crippen LogP contribution in [0, 0.1) is 0 Å². The Morgan fingerprint density at radius 2 is 2.37 bits per heavy atom. The van der Waals surface area contributed by atoms with Gasteiger partial charge in [0.15, 0.2) is 0 Å². The van der Waals surface area contributed by atoms with E-state index in [1.165, 1.54) is 11.1 Å². The number of nitrogens with zero attached hydrogens (tertiary/aromatic N) is 3. The van der Waals surface area contributed by atoms with Crippen LogP contribution in [0.5, 0.6) is 0 Å². The number of hydrogen-bond donors (Lipinski definition) is 2. The lowest BCUT2D eigenvalue weighted by Gasteiger charge is -2.14. The van der Waals surface area contributed by atoms with Gasteiger partial charge in [-0.05, 0) is 43.0 Å². The molecule has 1 aliphatic carbocycles. The quantitative estimate of drug-likeness (QED) is 0.817. The average Bonchev–Trinajstić information content (AvgIpc) is 3.01. The van der Waals surface area contributed by atoms with Gasteiger partial charge in [0.25, 0.3) is 0 Å². The van der Waals surface area contributed by atoms with Crippen LogP contribution in [0.25, 0.3) is 0 Å². The molecular weight excluding hydrogens is 238 g/mol. The molecule has 0 spiro atoms. The van der Waals surface area contributed by atoms with Gasteiger partial charge in [-0.2, -0.15) is 0 Å². The smallest absolute Gasteiger partial charge is 0.146 e. The van der Waals surface area contributed by atoms with Gasteiger partial charge in [-0.1, -0.05) is 6.07 Å². The Bertz CT molecular complexity index is 575. The molecule has 1 atom stereocenters. The van der Waals surface area contributed by atoms with Crippen LogP contribution in [0.15, 0.2) is 24.5 Å². The van der Waals surface area contributed by atoms with Gasteiger partial charge in [-0.25, -0.2) is 0 Å². The highest BCUT2D eigenvalue weighted by Gasteiger charge is 2.22. The molecule has 1 aromatic heterocycles. The second kappa shape index (κ2) is 5.01. The minimum atomic E-state index is 0.401. The second-order valence-electron chi connectivity index (χ2n) is 4.96. The predicted octanol–water partition coefficient (Wildman–Crippen LogP) is 1.66. The number of fused-ring (bicyclic) bond motifs is 1. The Labute approximate surface area is 112 Å². The summed E-state index contributed by atoms with van der Waals surface area (Å²) in [6, 6.07) is 6.61. The summed E-state index contributed by atoms with van der Waals surface area (Å²) >= 11 is 0. The maximum Gasteiger partial charge on any atom is 0.146 e. The minimum Gasteiger partial charge on any atom is -0.399 e. The van der Waals surface area contributed by atoms with Crippen molar-refractivity contribution in [3.8, 4) is 0 Å². The lowest BCUT2D eigenvalue weighted by Crippen LogP contribution is -2.21. The molecule has 0 radical (unpaired) electrons. The predicted molar refractivity (Wildman–Crippen MR) is 74.5 cm³/mol. The molecule has 1 aliphatic rings. The van der Waals surface area contributed by atoms with E-state index >= 15 is 0 Å². The van der Waals surface area contributed by atoms with E-state index in [2.05, 4.69) is 39.1 Å². The molecule has 1 heterocycles. The first-order valence-corrected chi connectivity index (χ1v) is 6.76. The second-order valence-corrected chi connectivity index (χ2v) is 4.96. The summed E-state index contributed by atoms with van der Waals surface area (Å²) in [6.45, 7) is 3.75. The third-order valence-corrected chi connectivity index (χ3v) is 3.79. The first-order valence-electron chi connectivity index (χ1n) is 6.76. The molecule has 5 heteroatoms. The van der Waals surface area contributed by atoms with Gasteiger partial charge in [-0.3, -0.25) is 0 Å². The SMILES string of the molecule is CCn1cnnc1CNC1CCc2cc(N)ccc21. The molecule has 2 aromatic rings. The van der Waals surface area contributed by atoms with Gasteiger partial charge in [0.2, 0.25) is 0 Å². The molecule has 3 N–H and O–H groups in total. The van der Waals surface area contributed by atoms with E-state index < -0.39 is 0 Å². The number of rotatable bonds is 4. The fourth-order valence-corrected chi connectivity index (χ4v) is 2.74. The number of nitrogen functional groups attached to an aromatic ring is 1. The first-order chi connectivity index (χ1) is 9.28. The van der Waals surface area contributed by atoms with E-state index in [0.29, 0.717) is 6.04 Å². The molecule has 0 bridgehead atoms. The fourth-order valence-electron chi connectivity index (χ4n) is 2.74. The number of aromatic nitrogens is 3. The van der Waals surface area contributed by atoms with Crippen LogP contribution in [0.4, 0.5) is 5.69 Å². The van der Waals surface area contributed by atoms with Gasteiger partial charge in [0.1, 0.15) is 12.2 Å². The maximum atomic E-state index is 5.82.